The molecule has 1 aliphatic rings. The number of hydrogen-bond donors (Lipinski definition) is 0. The molecule has 3 nitrogen and oxygen atoms in total. The predicted molar refractivity (Wildman–Crippen MR) is 104 cm³/mol. The summed E-state index contributed by atoms with van der Waals surface area (Å²) in [5, 5.41) is 0. The summed E-state index contributed by atoms with van der Waals surface area (Å²) in [7, 11) is 0. The van der Waals surface area contributed by atoms with E-state index in [1.807, 2.05) is 12.1 Å². The van der Waals surface area contributed by atoms with Gasteiger partial charge < -0.3 is 14.2 Å². The summed E-state index contributed by atoms with van der Waals surface area (Å²) in [4.78, 5) is 0. The van der Waals surface area contributed by atoms with Crippen LogP contribution in [0.25, 0.3) is 0 Å². The average molecular weight is 372 g/mol. The lowest BCUT2D eigenvalue weighted by Gasteiger charge is -2.26. The lowest BCUT2D eigenvalue weighted by Crippen LogP contribution is -2.26. The fourth-order valence-electron chi connectivity index (χ4n) is 3.19. The van der Waals surface area contributed by atoms with Crippen LogP contribution in [0.3, 0.4) is 0 Å². The van der Waals surface area contributed by atoms with Gasteiger partial charge in [-0.15, -0.1) is 0 Å². The highest BCUT2D eigenvalue weighted by Gasteiger charge is 2.20. The molecule has 3 rings (SSSR count). The zero-order chi connectivity index (χ0) is 19.1. The Balaban J connectivity index is 1.69. The zero-order valence-corrected chi connectivity index (χ0v) is 16.2. The first-order chi connectivity index (χ1) is 13.2. The molecule has 0 saturated carbocycles. The van der Waals surface area contributed by atoms with Gasteiger partial charge in [0, 0.05) is 12.2 Å². The first kappa shape index (κ1) is 19.8. The first-order valence-electron chi connectivity index (χ1n) is 9.91. The molecule has 0 aromatic heterocycles. The number of halogens is 1. The number of hydrogen-bond acceptors (Lipinski definition) is 3. The van der Waals surface area contributed by atoms with Crippen molar-refractivity contribution >= 4 is 0 Å². The topological polar surface area (TPSA) is 27.7 Å². The highest BCUT2D eigenvalue weighted by atomic mass is 19.1. The predicted octanol–water partition coefficient (Wildman–Crippen LogP) is 6.00. The summed E-state index contributed by atoms with van der Waals surface area (Å²) in [6.45, 7) is 5.64. The largest absolute Gasteiger partial charge is 0.461 e. The summed E-state index contributed by atoms with van der Waals surface area (Å²) < 4.78 is 31.2. The summed E-state index contributed by atoms with van der Waals surface area (Å²) in [5.41, 5.74) is 2.08. The number of ether oxygens (including phenoxy) is 3. The van der Waals surface area contributed by atoms with Crippen molar-refractivity contribution in [1.29, 1.82) is 0 Å². The molecule has 1 fully saturated rings. The minimum Gasteiger partial charge on any atom is -0.461 e. The maximum absolute atomic E-state index is 13.3. The maximum Gasteiger partial charge on any atom is 0.226 e. The van der Waals surface area contributed by atoms with Crippen molar-refractivity contribution in [2.24, 2.45) is 0 Å². The van der Waals surface area contributed by atoms with Crippen LogP contribution in [0.5, 0.6) is 5.75 Å². The van der Waals surface area contributed by atoms with E-state index in [-0.39, 0.29) is 11.9 Å². The van der Waals surface area contributed by atoms with Gasteiger partial charge in [0.1, 0.15) is 11.6 Å². The van der Waals surface area contributed by atoms with Crippen molar-refractivity contribution in [2.45, 2.75) is 57.8 Å². The average Bonchev–Trinajstić information content (AvgIpc) is 2.72. The van der Waals surface area contributed by atoms with Gasteiger partial charge >= 0.3 is 0 Å². The van der Waals surface area contributed by atoms with Crippen molar-refractivity contribution in [2.75, 3.05) is 13.2 Å². The second-order valence-corrected chi connectivity index (χ2v) is 7.20. The van der Waals surface area contributed by atoms with Crippen molar-refractivity contribution in [1.82, 2.24) is 0 Å². The monoisotopic (exact) mass is 372 g/mol. The molecule has 3 atom stereocenters. The molecule has 0 spiro atoms. The lowest BCUT2D eigenvalue weighted by molar-refractivity contribution is -0.127. The Morgan fingerprint density at radius 1 is 1.04 bits per heavy atom. The summed E-state index contributed by atoms with van der Waals surface area (Å²) in [6.07, 6.45) is 3.87. The third-order valence-corrected chi connectivity index (χ3v) is 5.15. The van der Waals surface area contributed by atoms with Crippen LogP contribution < -0.4 is 4.74 Å². The van der Waals surface area contributed by atoms with Crippen molar-refractivity contribution < 1.29 is 18.6 Å². The molecule has 146 valence electrons. The molecule has 0 aliphatic carbocycles. The molecule has 4 heteroatoms. The quantitative estimate of drug-likeness (QED) is 0.532. The summed E-state index contributed by atoms with van der Waals surface area (Å²) in [6, 6.07) is 14.4. The van der Waals surface area contributed by atoms with E-state index in [9.17, 15) is 4.39 Å². The van der Waals surface area contributed by atoms with Gasteiger partial charge in [0.05, 0.1) is 12.7 Å². The summed E-state index contributed by atoms with van der Waals surface area (Å²) >= 11 is 0. The van der Waals surface area contributed by atoms with E-state index in [1.165, 1.54) is 17.7 Å². The molecule has 0 amide bonds. The normalized spacial score (nSPS) is 19.4. The van der Waals surface area contributed by atoms with Gasteiger partial charge in [-0.25, -0.2) is 4.39 Å². The number of rotatable bonds is 8. The second-order valence-electron chi connectivity index (χ2n) is 7.20. The Bertz CT molecular complexity index is 678. The van der Waals surface area contributed by atoms with Crippen LogP contribution in [-0.4, -0.2) is 19.3 Å². The molecule has 3 unspecified atom stereocenters. The van der Waals surface area contributed by atoms with Crippen molar-refractivity contribution in [3.63, 3.8) is 0 Å². The smallest absolute Gasteiger partial charge is 0.226 e. The van der Waals surface area contributed by atoms with Gasteiger partial charge in [-0.05, 0) is 73.6 Å². The zero-order valence-electron chi connectivity index (χ0n) is 16.2. The van der Waals surface area contributed by atoms with E-state index in [4.69, 9.17) is 14.2 Å². The highest BCUT2D eigenvalue weighted by molar-refractivity contribution is 5.30. The van der Waals surface area contributed by atoms with Gasteiger partial charge in [0.25, 0.3) is 0 Å². The third-order valence-electron chi connectivity index (χ3n) is 5.15. The highest BCUT2D eigenvalue weighted by Crippen LogP contribution is 2.27. The number of benzene rings is 2. The van der Waals surface area contributed by atoms with Crippen LogP contribution in [0.1, 0.15) is 62.9 Å². The molecule has 2 aromatic rings. The van der Waals surface area contributed by atoms with Crippen LogP contribution in [-0.2, 0) is 9.47 Å². The standard InChI is InChI=1S/C23H29FO3/c1-3-17(2)18-9-13-21(14-10-18)27-23(19-7-11-20(24)12-8-19)26-16-22-6-4-5-15-25-22/h7-14,17,22-23H,3-6,15-16H2,1-2H3. The molecule has 1 saturated heterocycles. The third kappa shape index (κ3) is 5.78. The summed E-state index contributed by atoms with van der Waals surface area (Å²) in [5.74, 6) is 0.985. The molecule has 1 aliphatic heterocycles. The van der Waals surface area contributed by atoms with Crippen LogP contribution in [0, 0.1) is 5.82 Å². The fourth-order valence-corrected chi connectivity index (χ4v) is 3.19. The van der Waals surface area contributed by atoms with Gasteiger partial charge in [-0.2, -0.15) is 0 Å². The Morgan fingerprint density at radius 2 is 1.74 bits per heavy atom. The first-order valence-corrected chi connectivity index (χ1v) is 9.91. The second kappa shape index (κ2) is 9.86. The molecule has 27 heavy (non-hydrogen) atoms. The van der Waals surface area contributed by atoms with Gasteiger partial charge in [0.15, 0.2) is 0 Å². The minimum atomic E-state index is -0.592. The lowest BCUT2D eigenvalue weighted by atomic mass is 9.99. The van der Waals surface area contributed by atoms with Gasteiger partial charge in [-0.3, -0.25) is 0 Å². The van der Waals surface area contributed by atoms with E-state index in [0.717, 1.165) is 43.6 Å². The molecule has 0 N–H and O–H groups in total. The molecule has 0 radical (unpaired) electrons. The Labute approximate surface area is 161 Å². The van der Waals surface area contributed by atoms with Crippen molar-refractivity contribution in [3.05, 3.63) is 65.5 Å². The van der Waals surface area contributed by atoms with E-state index in [2.05, 4.69) is 26.0 Å². The Kier molecular flexibility index (Phi) is 7.25. The SMILES string of the molecule is CCC(C)c1ccc(OC(OCC2CCCCO2)c2ccc(F)cc2)cc1. The minimum absolute atomic E-state index is 0.0954. The van der Waals surface area contributed by atoms with Crippen LogP contribution >= 0.6 is 0 Å². The van der Waals surface area contributed by atoms with E-state index >= 15 is 0 Å². The van der Waals surface area contributed by atoms with E-state index in [1.54, 1.807) is 12.1 Å². The molecular weight excluding hydrogens is 343 g/mol. The molecule has 0 bridgehead atoms. The van der Waals surface area contributed by atoms with Crippen LogP contribution in [0.2, 0.25) is 0 Å². The van der Waals surface area contributed by atoms with Gasteiger partial charge in [-0.1, -0.05) is 26.0 Å². The van der Waals surface area contributed by atoms with Crippen LogP contribution in [0.4, 0.5) is 4.39 Å². The Hall–Kier alpha value is -1.91. The van der Waals surface area contributed by atoms with E-state index in [0.29, 0.717) is 12.5 Å². The molecule has 2 aromatic carbocycles. The Morgan fingerprint density at radius 3 is 2.37 bits per heavy atom. The van der Waals surface area contributed by atoms with E-state index < -0.39 is 6.29 Å². The molecular formula is C23H29FO3. The molecule has 1 heterocycles. The maximum atomic E-state index is 13.3. The van der Waals surface area contributed by atoms with Gasteiger partial charge in [0.2, 0.25) is 6.29 Å². The fraction of sp³-hybridized carbons (Fsp3) is 0.478. The van der Waals surface area contributed by atoms with Crippen molar-refractivity contribution in [3.8, 4) is 5.75 Å². The van der Waals surface area contributed by atoms with Crippen LogP contribution in [0.15, 0.2) is 48.5 Å².